The molecule has 0 saturated carbocycles. The topological polar surface area (TPSA) is 0 Å². The molecule has 1 saturated heterocycles. The zero-order valence-corrected chi connectivity index (χ0v) is 24.2. The first-order chi connectivity index (χ1) is 17.1. The molecule has 0 nitrogen and oxygen atoms in total. The Labute approximate surface area is 227 Å². The Kier molecular flexibility index (Phi) is 7.52. The van der Waals surface area contributed by atoms with E-state index in [2.05, 4.69) is 152 Å². The third kappa shape index (κ3) is 4.33. The molecule has 1 heterocycles. The van der Waals surface area contributed by atoms with Crippen molar-refractivity contribution in [2.75, 3.05) is 11.5 Å². The van der Waals surface area contributed by atoms with Crippen molar-refractivity contribution in [2.24, 2.45) is 0 Å². The Morgan fingerprint density at radius 2 is 1.03 bits per heavy atom. The number of benzene rings is 4. The zero-order valence-electron chi connectivity index (χ0n) is 20.1. The fraction of sp³-hybridized carbons (Fsp3) is 0.226. The first kappa shape index (κ1) is 25.2. The summed E-state index contributed by atoms with van der Waals surface area (Å²) in [7, 11) is 0. The van der Waals surface area contributed by atoms with Crippen molar-refractivity contribution in [3.8, 4) is 0 Å². The molecule has 0 amide bonds. The summed E-state index contributed by atoms with van der Waals surface area (Å²) < 4.78 is 0.0498. The van der Waals surface area contributed by atoms with Crippen molar-refractivity contribution in [1.82, 2.24) is 0 Å². The number of hydrogen-bond donors (Lipinski definition) is 0. The van der Waals surface area contributed by atoms with Crippen LogP contribution in [0.25, 0.3) is 0 Å². The second kappa shape index (κ2) is 10.5. The van der Waals surface area contributed by atoms with E-state index in [1.165, 1.54) is 39.4 Å². The third-order valence-corrected chi connectivity index (χ3v) is 22.3. The quantitative estimate of drug-likeness (QED) is 0.202. The van der Waals surface area contributed by atoms with E-state index in [0.717, 1.165) is 6.42 Å². The molecule has 4 heteroatoms. The number of halogens is 1. The predicted molar refractivity (Wildman–Crippen MR) is 166 cm³/mol. The SMILES string of the molecule is CC(CC1(c2ccccc2)SCCCS1)P(Br)(c1ccccc1)(c1ccccc1)c1ccccc1. The fourth-order valence-corrected chi connectivity index (χ4v) is 17.3. The van der Waals surface area contributed by atoms with Crippen LogP contribution in [0.4, 0.5) is 0 Å². The average molecular weight is 580 g/mol. The van der Waals surface area contributed by atoms with Crippen molar-refractivity contribution in [2.45, 2.75) is 29.5 Å². The molecule has 1 unspecified atom stereocenters. The van der Waals surface area contributed by atoms with Gasteiger partial charge in [0.05, 0.1) is 0 Å². The van der Waals surface area contributed by atoms with Crippen LogP contribution in [0.15, 0.2) is 121 Å². The van der Waals surface area contributed by atoms with Crippen LogP contribution in [0.5, 0.6) is 0 Å². The van der Waals surface area contributed by atoms with Crippen LogP contribution >= 0.6 is 44.3 Å². The first-order valence-corrected chi connectivity index (χ1v) is 18.6. The van der Waals surface area contributed by atoms with E-state index in [1.807, 2.05) is 0 Å². The standard InChI is InChI=1S/C31H32BrPS2/c1-26(25-31(34-23-14-24-35-31)27-15-6-2-7-16-27)33(32,28-17-8-3-9-18-28,29-19-10-4-11-20-29)30-21-12-5-13-22-30/h2-13,15-22,26H,14,23-25H2,1H3. The predicted octanol–water partition coefficient (Wildman–Crippen LogP) is 8.33. The van der Waals surface area contributed by atoms with Gasteiger partial charge in [-0.15, -0.1) is 0 Å². The Hall–Kier alpha value is -1.51. The first-order valence-electron chi connectivity index (χ1n) is 12.3. The molecule has 180 valence electrons. The van der Waals surface area contributed by atoms with E-state index in [4.69, 9.17) is 15.5 Å². The van der Waals surface area contributed by atoms with Gasteiger partial charge in [-0.25, -0.2) is 0 Å². The second-order valence-electron chi connectivity index (χ2n) is 9.30. The van der Waals surface area contributed by atoms with Gasteiger partial charge < -0.3 is 0 Å². The van der Waals surface area contributed by atoms with Gasteiger partial charge in [0.15, 0.2) is 0 Å². The molecular formula is C31H32BrPS2. The molecule has 1 fully saturated rings. The Morgan fingerprint density at radius 3 is 1.43 bits per heavy atom. The van der Waals surface area contributed by atoms with Crippen molar-refractivity contribution < 1.29 is 0 Å². The van der Waals surface area contributed by atoms with Gasteiger partial charge in [0.25, 0.3) is 0 Å². The van der Waals surface area contributed by atoms with Gasteiger partial charge in [0.1, 0.15) is 0 Å². The van der Waals surface area contributed by atoms with Crippen LogP contribution in [-0.2, 0) is 4.08 Å². The van der Waals surface area contributed by atoms with Crippen LogP contribution in [0, 0.1) is 0 Å². The molecule has 4 aromatic rings. The summed E-state index contributed by atoms with van der Waals surface area (Å²) in [6, 6.07) is 44.9. The molecule has 5 rings (SSSR count). The van der Waals surface area contributed by atoms with Gasteiger partial charge in [-0.2, -0.15) is 0 Å². The van der Waals surface area contributed by atoms with Crippen molar-refractivity contribution >= 4 is 60.2 Å². The molecular weight excluding hydrogens is 547 g/mol. The van der Waals surface area contributed by atoms with Gasteiger partial charge in [-0.3, -0.25) is 0 Å². The van der Waals surface area contributed by atoms with Gasteiger partial charge in [-0.05, 0) is 0 Å². The molecule has 0 N–H and O–H groups in total. The zero-order chi connectivity index (χ0) is 24.2. The molecule has 0 spiro atoms. The second-order valence-corrected chi connectivity index (χ2v) is 21.3. The summed E-state index contributed by atoms with van der Waals surface area (Å²) in [5, 5.41) is 1.17. The summed E-state index contributed by atoms with van der Waals surface area (Å²) in [5.74, 6) is 2.43. The van der Waals surface area contributed by atoms with Crippen LogP contribution in [-0.4, -0.2) is 17.2 Å². The van der Waals surface area contributed by atoms with Gasteiger partial charge in [0, 0.05) is 0 Å². The monoisotopic (exact) mass is 578 g/mol. The summed E-state index contributed by atoms with van der Waals surface area (Å²) in [4.78, 5) is 0. The van der Waals surface area contributed by atoms with E-state index in [-0.39, 0.29) is 4.08 Å². The minimum atomic E-state index is -3.03. The summed E-state index contributed by atoms with van der Waals surface area (Å²) in [6.07, 6.45) is 2.38. The van der Waals surface area contributed by atoms with Crippen molar-refractivity contribution in [3.63, 3.8) is 0 Å². The molecule has 1 aliphatic rings. The molecule has 1 atom stereocenters. The Balaban J connectivity index is 1.76. The normalized spacial score (nSPS) is 17.7. The van der Waals surface area contributed by atoms with Gasteiger partial charge >= 0.3 is 228 Å². The molecule has 0 aromatic heterocycles. The maximum absolute atomic E-state index is 4.72. The fourth-order valence-electron chi connectivity index (χ4n) is 5.60. The molecule has 0 radical (unpaired) electrons. The summed E-state index contributed by atoms with van der Waals surface area (Å²) in [5.41, 5.74) is 1.82. The van der Waals surface area contributed by atoms with E-state index < -0.39 is 5.31 Å². The van der Waals surface area contributed by atoms with Crippen LogP contribution < -0.4 is 15.9 Å². The van der Waals surface area contributed by atoms with Crippen LogP contribution in [0.2, 0.25) is 0 Å². The van der Waals surface area contributed by atoms with Crippen LogP contribution in [0.1, 0.15) is 25.3 Å². The van der Waals surface area contributed by atoms with E-state index in [9.17, 15) is 0 Å². The van der Waals surface area contributed by atoms with Crippen LogP contribution in [0.3, 0.4) is 0 Å². The molecule has 35 heavy (non-hydrogen) atoms. The molecule has 4 aromatic carbocycles. The molecule has 0 bridgehead atoms. The van der Waals surface area contributed by atoms with E-state index in [1.54, 1.807) is 0 Å². The van der Waals surface area contributed by atoms with Crippen molar-refractivity contribution in [3.05, 3.63) is 127 Å². The van der Waals surface area contributed by atoms with E-state index >= 15 is 0 Å². The minimum absolute atomic E-state index is 0.0498. The third-order valence-electron chi connectivity index (χ3n) is 7.35. The van der Waals surface area contributed by atoms with Crippen molar-refractivity contribution in [1.29, 1.82) is 0 Å². The van der Waals surface area contributed by atoms with Gasteiger partial charge in [0.2, 0.25) is 0 Å². The Bertz CT molecular complexity index is 1130. The maximum atomic E-state index is 4.72. The molecule has 1 aliphatic heterocycles. The average Bonchev–Trinajstić information content (AvgIpc) is 2.95. The number of rotatable bonds is 7. The van der Waals surface area contributed by atoms with E-state index in [0.29, 0.717) is 5.66 Å². The molecule has 0 aliphatic carbocycles. The number of hydrogen-bond acceptors (Lipinski definition) is 2. The van der Waals surface area contributed by atoms with Gasteiger partial charge in [-0.1, -0.05) is 0 Å². The summed E-state index contributed by atoms with van der Waals surface area (Å²) in [6.45, 7) is 2.50. The summed E-state index contributed by atoms with van der Waals surface area (Å²) >= 11 is 9.03. The number of thioether (sulfide) groups is 2. The Morgan fingerprint density at radius 1 is 0.657 bits per heavy atom.